The van der Waals surface area contributed by atoms with E-state index in [2.05, 4.69) is 0 Å². The van der Waals surface area contributed by atoms with Gasteiger partial charge in [-0.2, -0.15) is 0 Å². The number of hydrogen-bond acceptors (Lipinski definition) is 2. The highest BCUT2D eigenvalue weighted by atomic mass is 16.4. The SMILES string of the molecule is Cc1ccc(C=CC(=O)N(C)C(C)(C)C(=O)O)cc1. The second kappa shape index (κ2) is 5.69. The molecule has 0 aliphatic rings. The van der Waals surface area contributed by atoms with Crippen molar-refractivity contribution < 1.29 is 14.7 Å². The van der Waals surface area contributed by atoms with Gasteiger partial charge in [0.2, 0.25) is 5.91 Å². The Morgan fingerprint density at radius 3 is 2.21 bits per heavy atom. The van der Waals surface area contributed by atoms with Gasteiger partial charge < -0.3 is 10.0 Å². The van der Waals surface area contributed by atoms with Crippen molar-refractivity contribution in [1.82, 2.24) is 4.90 Å². The number of aryl methyl sites for hydroxylation is 1. The first-order valence-electron chi connectivity index (χ1n) is 6.01. The summed E-state index contributed by atoms with van der Waals surface area (Å²) in [6, 6.07) is 7.72. The monoisotopic (exact) mass is 261 g/mol. The van der Waals surface area contributed by atoms with Gasteiger partial charge in [-0.3, -0.25) is 4.79 Å². The Balaban J connectivity index is 2.80. The summed E-state index contributed by atoms with van der Waals surface area (Å²) < 4.78 is 0. The third-order valence-electron chi connectivity index (χ3n) is 3.19. The van der Waals surface area contributed by atoms with E-state index in [0.29, 0.717) is 0 Å². The topological polar surface area (TPSA) is 57.6 Å². The molecule has 0 aliphatic heterocycles. The third kappa shape index (κ3) is 3.68. The van der Waals surface area contributed by atoms with Gasteiger partial charge in [0.25, 0.3) is 0 Å². The molecule has 0 bridgehead atoms. The van der Waals surface area contributed by atoms with Crippen LogP contribution in [0.1, 0.15) is 25.0 Å². The molecule has 4 heteroatoms. The molecule has 0 aliphatic carbocycles. The van der Waals surface area contributed by atoms with E-state index >= 15 is 0 Å². The minimum Gasteiger partial charge on any atom is -0.480 e. The van der Waals surface area contributed by atoms with Gasteiger partial charge in [0, 0.05) is 13.1 Å². The predicted octanol–water partition coefficient (Wildman–Crippen LogP) is 2.33. The standard InChI is InChI=1S/C15H19NO3/c1-11-5-7-12(8-6-11)9-10-13(17)16(4)15(2,3)14(18)19/h5-10H,1-4H3,(H,18,19). The third-order valence-corrected chi connectivity index (χ3v) is 3.19. The summed E-state index contributed by atoms with van der Waals surface area (Å²) in [5.41, 5.74) is 0.822. The first-order valence-corrected chi connectivity index (χ1v) is 6.01. The summed E-state index contributed by atoms with van der Waals surface area (Å²) in [6.45, 7) is 4.97. The lowest BCUT2D eigenvalue weighted by molar-refractivity contribution is -0.153. The van der Waals surface area contributed by atoms with Crippen LogP contribution in [0.2, 0.25) is 0 Å². The van der Waals surface area contributed by atoms with E-state index in [1.54, 1.807) is 6.08 Å². The summed E-state index contributed by atoms with van der Waals surface area (Å²) >= 11 is 0. The van der Waals surface area contributed by atoms with E-state index in [1.165, 1.54) is 31.9 Å². The number of carboxylic acid groups (broad SMARTS) is 1. The van der Waals surface area contributed by atoms with E-state index < -0.39 is 11.5 Å². The molecule has 1 amide bonds. The molecule has 4 nitrogen and oxygen atoms in total. The van der Waals surface area contributed by atoms with Crippen molar-refractivity contribution in [2.24, 2.45) is 0 Å². The number of likely N-dealkylation sites (N-methyl/N-ethyl adjacent to an activating group) is 1. The number of carbonyl (C=O) groups excluding carboxylic acids is 1. The maximum absolute atomic E-state index is 11.9. The summed E-state index contributed by atoms with van der Waals surface area (Å²) in [6.07, 6.45) is 3.06. The Labute approximate surface area is 113 Å². The molecule has 0 fully saturated rings. The zero-order valence-corrected chi connectivity index (χ0v) is 11.7. The van der Waals surface area contributed by atoms with Crippen LogP contribution in [0.15, 0.2) is 30.3 Å². The van der Waals surface area contributed by atoms with Gasteiger partial charge in [0.05, 0.1) is 0 Å². The predicted molar refractivity (Wildman–Crippen MR) is 74.7 cm³/mol. The molecule has 19 heavy (non-hydrogen) atoms. The van der Waals surface area contributed by atoms with E-state index in [-0.39, 0.29) is 5.91 Å². The lowest BCUT2D eigenvalue weighted by Gasteiger charge is -2.30. The first kappa shape index (κ1) is 15.0. The molecule has 0 saturated heterocycles. The summed E-state index contributed by atoms with van der Waals surface area (Å²) in [4.78, 5) is 24.2. The summed E-state index contributed by atoms with van der Waals surface area (Å²) in [5, 5.41) is 9.06. The Kier molecular flexibility index (Phi) is 4.48. The lowest BCUT2D eigenvalue weighted by Crippen LogP contribution is -2.50. The van der Waals surface area contributed by atoms with Crippen LogP contribution in [-0.4, -0.2) is 34.5 Å². The number of carboxylic acids is 1. The van der Waals surface area contributed by atoms with Crippen molar-refractivity contribution >= 4 is 18.0 Å². The van der Waals surface area contributed by atoms with Crippen molar-refractivity contribution in [2.45, 2.75) is 26.3 Å². The fraction of sp³-hybridized carbons (Fsp3) is 0.333. The zero-order valence-electron chi connectivity index (χ0n) is 11.7. The fourth-order valence-corrected chi connectivity index (χ4v) is 1.38. The van der Waals surface area contributed by atoms with Crippen molar-refractivity contribution in [3.63, 3.8) is 0 Å². The summed E-state index contributed by atoms with van der Waals surface area (Å²) in [7, 11) is 1.48. The highest BCUT2D eigenvalue weighted by Crippen LogP contribution is 2.13. The van der Waals surface area contributed by atoms with Crippen LogP contribution in [0.25, 0.3) is 6.08 Å². The van der Waals surface area contributed by atoms with Crippen molar-refractivity contribution in [3.8, 4) is 0 Å². The van der Waals surface area contributed by atoms with Gasteiger partial charge in [-0.05, 0) is 32.4 Å². The largest absolute Gasteiger partial charge is 0.480 e. The second-order valence-corrected chi connectivity index (χ2v) is 5.01. The maximum Gasteiger partial charge on any atom is 0.329 e. The smallest absolute Gasteiger partial charge is 0.329 e. The highest BCUT2D eigenvalue weighted by Gasteiger charge is 2.34. The molecule has 0 spiro atoms. The fourth-order valence-electron chi connectivity index (χ4n) is 1.38. The van der Waals surface area contributed by atoms with E-state index in [4.69, 9.17) is 5.11 Å². The average molecular weight is 261 g/mol. The number of aliphatic carboxylic acids is 1. The highest BCUT2D eigenvalue weighted by molar-refractivity contribution is 5.95. The Hall–Kier alpha value is -2.10. The Morgan fingerprint density at radius 1 is 1.21 bits per heavy atom. The molecular weight excluding hydrogens is 242 g/mol. The normalized spacial score (nSPS) is 11.6. The average Bonchev–Trinajstić information content (AvgIpc) is 2.36. The molecule has 0 unspecified atom stereocenters. The Morgan fingerprint density at radius 2 is 1.74 bits per heavy atom. The quantitative estimate of drug-likeness (QED) is 0.846. The van der Waals surface area contributed by atoms with Crippen LogP contribution < -0.4 is 0 Å². The number of hydrogen-bond donors (Lipinski definition) is 1. The van der Waals surface area contributed by atoms with Crippen molar-refractivity contribution in [2.75, 3.05) is 7.05 Å². The molecular formula is C15H19NO3. The molecule has 0 saturated carbocycles. The van der Waals surface area contributed by atoms with Gasteiger partial charge >= 0.3 is 5.97 Å². The van der Waals surface area contributed by atoms with Crippen LogP contribution in [0.5, 0.6) is 0 Å². The van der Waals surface area contributed by atoms with Gasteiger partial charge in [-0.25, -0.2) is 4.79 Å². The molecule has 0 heterocycles. The maximum atomic E-state index is 11.9. The van der Waals surface area contributed by atoms with Crippen molar-refractivity contribution in [1.29, 1.82) is 0 Å². The molecule has 1 aromatic carbocycles. The van der Waals surface area contributed by atoms with Crippen molar-refractivity contribution in [3.05, 3.63) is 41.5 Å². The molecule has 1 aromatic rings. The lowest BCUT2D eigenvalue weighted by atomic mass is 10.0. The minimum atomic E-state index is -1.23. The van der Waals surface area contributed by atoms with Gasteiger partial charge in [0.1, 0.15) is 5.54 Å². The van der Waals surface area contributed by atoms with Crippen LogP contribution in [0, 0.1) is 6.92 Å². The van der Waals surface area contributed by atoms with E-state index in [1.807, 2.05) is 31.2 Å². The van der Waals surface area contributed by atoms with Crippen LogP contribution in [-0.2, 0) is 9.59 Å². The van der Waals surface area contributed by atoms with Gasteiger partial charge in [-0.15, -0.1) is 0 Å². The van der Waals surface area contributed by atoms with E-state index in [0.717, 1.165) is 11.1 Å². The summed E-state index contributed by atoms with van der Waals surface area (Å²) in [5.74, 6) is -1.37. The zero-order chi connectivity index (χ0) is 14.6. The first-order chi connectivity index (χ1) is 8.75. The number of rotatable bonds is 4. The molecule has 102 valence electrons. The minimum absolute atomic E-state index is 0.340. The van der Waals surface area contributed by atoms with Gasteiger partial charge in [-0.1, -0.05) is 29.8 Å². The van der Waals surface area contributed by atoms with Crippen LogP contribution in [0.3, 0.4) is 0 Å². The number of benzene rings is 1. The molecule has 0 aromatic heterocycles. The van der Waals surface area contributed by atoms with E-state index in [9.17, 15) is 9.59 Å². The molecule has 0 radical (unpaired) electrons. The number of carbonyl (C=O) groups is 2. The van der Waals surface area contributed by atoms with Crippen LogP contribution in [0.4, 0.5) is 0 Å². The van der Waals surface area contributed by atoms with Gasteiger partial charge in [0.15, 0.2) is 0 Å². The Bertz CT molecular complexity index is 501. The number of amides is 1. The van der Waals surface area contributed by atoms with Crippen LogP contribution >= 0.6 is 0 Å². The second-order valence-electron chi connectivity index (χ2n) is 5.01. The molecule has 1 rings (SSSR count). The molecule has 1 N–H and O–H groups in total. The number of nitrogens with zero attached hydrogens (tertiary/aromatic N) is 1. The molecule has 0 atom stereocenters.